The first kappa shape index (κ1) is 12.5. The second-order valence-electron chi connectivity index (χ2n) is 3.30. The molecular formula is C11H15BrFNO. The second kappa shape index (κ2) is 6.08. The molecule has 4 heteroatoms. The van der Waals surface area contributed by atoms with Gasteiger partial charge in [0.05, 0.1) is 11.6 Å². The molecule has 0 aliphatic carbocycles. The van der Waals surface area contributed by atoms with Gasteiger partial charge < -0.3 is 10.5 Å². The van der Waals surface area contributed by atoms with Crippen LogP contribution < -0.4 is 10.5 Å². The van der Waals surface area contributed by atoms with Crippen LogP contribution in [0.1, 0.15) is 18.4 Å². The SMILES string of the molecule is COc1c(CCCCN)ccc(Br)c1F. The fourth-order valence-corrected chi connectivity index (χ4v) is 1.76. The van der Waals surface area contributed by atoms with E-state index in [0.717, 1.165) is 24.8 Å². The standard InChI is InChI=1S/C11H15BrFNO/c1-15-11-8(4-2-3-7-14)5-6-9(12)10(11)13/h5-6H,2-4,7,14H2,1H3. The minimum atomic E-state index is -0.331. The van der Waals surface area contributed by atoms with Crippen molar-refractivity contribution in [2.75, 3.05) is 13.7 Å². The zero-order chi connectivity index (χ0) is 11.3. The van der Waals surface area contributed by atoms with Crippen LogP contribution in [0.3, 0.4) is 0 Å². The Morgan fingerprint density at radius 3 is 2.73 bits per heavy atom. The van der Waals surface area contributed by atoms with Crippen molar-refractivity contribution in [1.82, 2.24) is 0 Å². The van der Waals surface area contributed by atoms with Crippen molar-refractivity contribution in [2.24, 2.45) is 5.73 Å². The summed E-state index contributed by atoms with van der Waals surface area (Å²) in [4.78, 5) is 0. The summed E-state index contributed by atoms with van der Waals surface area (Å²) in [5.41, 5.74) is 6.30. The van der Waals surface area contributed by atoms with Crippen molar-refractivity contribution >= 4 is 15.9 Å². The molecule has 1 aromatic carbocycles. The highest BCUT2D eigenvalue weighted by molar-refractivity contribution is 9.10. The van der Waals surface area contributed by atoms with Gasteiger partial charge in [0.1, 0.15) is 0 Å². The molecule has 0 radical (unpaired) electrons. The van der Waals surface area contributed by atoms with Crippen molar-refractivity contribution in [3.63, 3.8) is 0 Å². The van der Waals surface area contributed by atoms with Crippen LogP contribution in [0.25, 0.3) is 0 Å². The maximum absolute atomic E-state index is 13.6. The van der Waals surface area contributed by atoms with E-state index in [4.69, 9.17) is 10.5 Å². The highest BCUT2D eigenvalue weighted by atomic mass is 79.9. The fourth-order valence-electron chi connectivity index (χ4n) is 1.45. The van der Waals surface area contributed by atoms with Gasteiger partial charge in [-0.05, 0) is 53.4 Å². The lowest BCUT2D eigenvalue weighted by atomic mass is 10.1. The molecule has 0 fully saturated rings. The summed E-state index contributed by atoms with van der Waals surface area (Å²) in [5, 5.41) is 0. The molecule has 0 spiro atoms. The monoisotopic (exact) mass is 275 g/mol. The number of hydrogen-bond donors (Lipinski definition) is 1. The number of benzene rings is 1. The molecule has 15 heavy (non-hydrogen) atoms. The molecule has 0 aliphatic heterocycles. The Hall–Kier alpha value is -0.610. The second-order valence-corrected chi connectivity index (χ2v) is 4.15. The lowest BCUT2D eigenvalue weighted by molar-refractivity contribution is 0.379. The average molecular weight is 276 g/mol. The van der Waals surface area contributed by atoms with E-state index in [1.165, 1.54) is 7.11 Å². The third-order valence-corrected chi connectivity index (χ3v) is 2.85. The quantitative estimate of drug-likeness (QED) is 0.839. The van der Waals surface area contributed by atoms with Gasteiger partial charge in [0, 0.05) is 0 Å². The van der Waals surface area contributed by atoms with Gasteiger partial charge in [0.2, 0.25) is 0 Å². The Balaban J connectivity index is 2.83. The zero-order valence-electron chi connectivity index (χ0n) is 8.72. The molecule has 0 amide bonds. The van der Waals surface area contributed by atoms with Crippen molar-refractivity contribution in [3.8, 4) is 5.75 Å². The molecule has 0 saturated heterocycles. The van der Waals surface area contributed by atoms with Crippen molar-refractivity contribution in [3.05, 3.63) is 28.0 Å². The summed E-state index contributed by atoms with van der Waals surface area (Å²) in [6, 6.07) is 3.58. The van der Waals surface area contributed by atoms with Gasteiger partial charge >= 0.3 is 0 Å². The molecule has 0 saturated carbocycles. The van der Waals surface area contributed by atoms with Crippen molar-refractivity contribution in [2.45, 2.75) is 19.3 Å². The highest BCUT2D eigenvalue weighted by Crippen LogP contribution is 2.29. The van der Waals surface area contributed by atoms with E-state index >= 15 is 0 Å². The first-order chi connectivity index (χ1) is 7.20. The molecule has 2 N–H and O–H groups in total. The number of nitrogens with two attached hydrogens (primary N) is 1. The van der Waals surface area contributed by atoms with Gasteiger partial charge in [-0.25, -0.2) is 4.39 Å². The minimum Gasteiger partial charge on any atom is -0.493 e. The largest absolute Gasteiger partial charge is 0.493 e. The third-order valence-electron chi connectivity index (χ3n) is 2.24. The third kappa shape index (κ3) is 3.18. The Labute approximate surface area is 97.7 Å². The number of rotatable bonds is 5. The van der Waals surface area contributed by atoms with E-state index < -0.39 is 0 Å². The van der Waals surface area contributed by atoms with E-state index in [1.807, 2.05) is 6.07 Å². The van der Waals surface area contributed by atoms with Crippen LogP contribution in [0.5, 0.6) is 5.75 Å². The first-order valence-corrected chi connectivity index (χ1v) is 5.71. The zero-order valence-corrected chi connectivity index (χ0v) is 10.3. The van der Waals surface area contributed by atoms with Gasteiger partial charge in [-0.3, -0.25) is 0 Å². The van der Waals surface area contributed by atoms with Crippen LogP contribution in [-0.2, 0) is 6.42 Å². The number of unbranched alkanes of at least 4 members (excludes halogenated alkanes) is 1. The van der Waals surface area contributed by atoms with Crippen LogP contribution in [0.2, 0.25) is 0 Å². The number of aryl methyl sites for hydroxylation is 1. The summed E-state index contributed by atoms with van der Waals surface area (Å²) in [7, 11) is 1.48. The first-order valence-electron chi connectivity index (χ1n) is 4.91. The van der Waals surface area contributed by atoms with Crippen LogP contribution >= 0.6 is 15.9 Å². The fraction of sp³-hybridized carbons (Fsp3) is 0.455. The van der Waals surface area contributed by atoms with Gasteiger partial charge in [-0.15, -0.1) is 0 Å². The molecular weight excluding hydrogens is 261 g/mol. The molecule has 1 aromatic rings. The molecule has 0 aliphatic rings. The normalized spacial score (nSPS) is 10.4. The Bertz CT molecular complexity index is 331. The minimum absolute atomic E-state index is 0.331. The maximum atomic E-state index is 13.6. The van der Waals surface area contributed by atoms with Crippen LogP contribution in [-0.4, -0.2) is 13.7 Å². The molecule has 84 valence electrons. The van der Waals surface area contributed by atoms with Crippen LogP contribution in [0.4, 0.5) is 4.39 Å². The summed E-state index contributed by atoms with van der Waals surface area (Å²) >= 11 is 3.13. The van der Waals surface area contributed by atoms with E-state index in [2.05, 4.69) is 15.9 Å². The van der Waals surface area contributed by atoms with Gasteiger partial charge in [-0.1, -0.05) is 6.07 Å². The number of ether oxygens (including phenoxy) is 1. The van der Waals surface area contributed by atoms with Gasteiger partial charge in [-0.2, -0.15) is 0 Å². The molecule has 1 rings (SSSR count). The lowest BCUT2D eigenvalue weighted by Gasteiger charge is -2.10. The molecule has 0 heterocycles. The summed E-state index contributed by atoms with van der Waals surface area (Å²) < 4.78 is 19.1. The smallest absolute Gasteiger partial charge is 0.179 e. The van der Waals surface area contributed by atoms with Crippen molar-refractivity contribution < 1.29 is 9.13 Å². The summed E-state index contributed by atoms with van der Waals surface area (Å²) in [6.45, 7) is 0.668. The molecule has 0 bridgehead atoms. The number of halogens is 2. The molecule has 0 aromatic heterocycles. The topological polar surface area (TPSA) is 35.2 Å². The van der Waals surface area contributed by atoms with E-state index in [-0.39, 0.29) is 5.82 Å². The predicted molar refractivity (Wildman–Crippen MR) is 62.6 cm³/mol. The number of methoxy groups -OCH3 is 1. The van der Waals surface area contributed by atoms with Crippen molar-refractivity contribution in [1.29, 1.82) is 0 Å². The molecule has 0 unspecified atom stereocenters. The molecule has 0 atom stereocenters. The summed E-state index contributed by atoms with van der Waals surface area (Å²) in [6.07, 6.45) is 2.69. The Morgan fingerprint density at radius 1 is 1.40 bits per heavy atom. The number of hydrogen-bond acceptors (Lipinski definition) is 2. The van der Waals surface area contributed by atoms with Gasteiger partial charge in [0.25, 0.3) is 0 Å². The Morgan fingerprint density at radius 2 is 2.13 bits per heavy atom. The van der Waals surface area contributed by atoms with Crippen LogP contribution in [0.15, 0.2) is 16.6 Å². The lowest BCUT2D eigenvalue weighted by Crippen LogP contribution is -2.01. The average Bonchev–Trinajstić information content (AvgIpc) is 2.24. The summed E-state index contributed by atoms with van der Waals surface area (Å²) in [5.74, 6) is 0.00384. The van der Waals surface area contributed by atoms with E-state index in [9.17, 15) is 4.39 Å². The predicted octanol–water partition coefficient (Wildman–Crippen LogP) is 2.88. The molecule has 2 nitrogen and oxygen atoms in total. The maximum Gasteiger partial charge on any atom is 0.179 e. The van der Waals surface area contributed by atoms with E-state index in [1.54, 1.807) is 6.07 Å². The Kier molecular flexibility index (Phi) is 5.05. The van der Waals surface area contributed by atoms with Gasteiger partial charge in [0.15, 0.2) is 11.6 Å². The van der Waals surface area contributed by atoms with Crippen LogP contribution in [0, 0.1) is 5.82 Å². The van der Waals surface area contributed by atoms with E-state index in [0.29, 0.717) is 16.8 Å². The highest BCUT2D eigenvalue weighted by Gasteiger charge is 2.11.